The smallest absolute Gasteiger partial charge is 0.245 e. The Morgan fingerprint density at radius 2 is 2.00 bits per heavy atom. The molecule has 2 amide bonds. The summed E-state index contributed by atoms with van der Waals surface area (Å²) in [6.45, 7) is 2.70. The number of hydrogen-bond acceptors (Lipinski definition) is 7. The number of anilines is 1. The predicted molar refractivity (Wildman–Crippen MR) is 83.7 cm³/mol. The molecule has 1 aliphatic heterocycles. The van der Waals surface area contributed by atoms with Crippen molar-refractivity contribution in [3.05, 3.63) is 11.8 Å². The van der Waals surface area contributed by atoms with Gasteiger partial charge in [-0.15, -0.1) is 0 Å². The molecule has 1 saturated heterocycles. The summed E-state index contributed by atoms with van der Waals surface area (Å²) in [5.41, 5.74) is 0. The quantitative estimate of drug-likeness (QED) is 0.643. The van der Waals surface area contributed by atoms with E-state index in [1.807, 2.05) is 0 Å². The monoisotopic (exact) mass is 360 g/mol. The summed E-state index contributed by atoms with van der Waals surface area (Å²) in [4.78, 5) is 23.3. The molecule has 0 spiro atoms. The maximum Gasteiger partial charge on any atom is 0.245 e. The Morgan fingerprint density at radius 1 is 1.29 bits per heavy atom. The number of aromatic nitrogens is 1. The molecule has 0 aromatic carbocycles. The minimum atomic E-state index is -3.49. The predicted octanol–water partition coefficient (Wildman–Crippen LogP) is -0.910. The highest BCUT2D eigenvalue weighted by Crippen LogP contribution is 2.07. The molecule has 0 radical (unpaired) electrons. The molecule has 1 aromatic heterocycles. The van der Waals surface area contributed by atoms with E-state index in [0.717, 1.165) is 0 Å². The highest BCUT2D eigenvalue weighted by atomic mass is 32.2. The Hall–Kier alpha value is -1.98. The van der Waals surface area contributed by atoms with Crippen LogP contribution in [0.1, 0.15) is 12.2 Å². The van der Waals surface area contributed by atoms with E-state index < -0.39 is 21.8 Å². The Kier molecular flexibility index (Phi) is 6.29. The molecule has 0 aliphatic carbocycles. The van der Waals surface area contributed by atoms with Gasteiger partial charge in [0.1, 0.15) is 5.76 Å². The van der Waals surface area contributed by atoms with Crippen LogP contribution in [-0.2, 0) is 24.3 Å². The molecule has 0 saturated carbocycles. The Morgan fingerprint density at radius 3 is 2.62 bits per heavy atom. The van der Waals surface area contributed by atoms with Crippen molar-refractivity contribution in [2.45, 2.75) is 13.3 Å². The van der Waals surface area contributed by atoms with Gasteiger partial charge in [-0.3, -0.25) is 9.59 Å². The molecule has 2 N–H and O–H groups in total. The van der Waals surface area contributed by atoms with Crippen molar-refractivity contribution < 1.29 is 27.3 Å². The van der Waals surface area contributed by atoms with Crippen LogP contribution in [0.4, 0.5) is 5.82 Å². The lowest BCUT2D eigenvalue weighted by atomic mass is 10.4. The van der Waals surface area contributed by atoms with Crippen LogP contribution in [0.25, 0.3) is 0 Å². The van der Waals surface area contributed by atoms with Gasteiger partial charge in [0, 0.05) is 25.6 Å². The van der Waals surface area contributed by atoms with Gasteiger partial charge in [-0.2, -0.15) is 4.31 Å². The van der Waals surface area contributed by atoms with E-state index in [1.54, 1.807) is 6.92 Å². The van der Waals surface area contributed by atoms with Crippen LogP contribution in [0.2, 0.25) is 0 Å². The molecular weight excluding hydrogens is 340 g/mol. The lowest BCUT2D eigenvalue weighted by molar-refractivity contribution is -0.123. The molecule has 1 aliphatic rings. The van der Waals surface area contributed by atoms with Gasteiger partial charge in [-0.25, -0.2) is 8.42 Å². The number of aryl methyl sites for hydroxylation is 1. The van der Waals surface area contributed by atoms with Crippen molar-refractivity contribution in [2.75, 3.05) is 43.9 Å². The number of nitrogens with one attached hydrogen (secondary N) is 2. The van der Waals surface area contributed by atoms with Gasteiger partial charge in [-0.05, 0) is 6.92 Å². The van der Waals surface area contributed by atoms with Crippen LogP contribution in [0, 0.1) is 6.92 Å². The Balaban J connectivity index is 1.70. The summed E-state index contributed by atoms with van der Waals surface area (Å²) >= 11 is 0. The average molecular weight is 360 g/mol. The zero-order chi connectivity index (χ0) is 17.6. The first-order valence-electron chi connectivity index (χ1n) is 7.42. The third-order valence-electron chi connectivity index (χ3n) is 3.29. The van der Waals surface area contributed by atoms with E-state index >= 15 is 0 Å². The van der Waals surface area contributed by atoms with Crippen LogP contribution in [0.15, 0.2) is 10.6 Å². The van der Waals surface area contributed by atoms with Gasteiger partial charge >= 0.3 is 0 Å². The van der Waals surface area contributed by atoms with E-state index in [9.17, 15) is 18.0 Å². The minimum Gasteiger partial charge on any atom is -0.379 e. The number of nitrogens with zero attached hydrogens (tertiary/aromatic N) is 2. The van der Waals surface area contributed by atoms with Gasteiger partial charge < -0.3 is 19.9 Å². The number of carbonyl (C=O) groups is 2. The molecule has 11 heteroatoms. The van der Waals surface area contributed by atoms with E-state index in [0.29, 0.717) is 32.1 Å². The molecule has 1 fully saturated rings. The standard InChI is InChI=1S/C13H20N4O6S/c1-10-8-11(16-23-10)15-13(19)9-14-12(18)2-7-24(20,21)17-3-5-22-6-4-17/h8H,2-7,9H2,1H3,(H,14,18)(H,15,16,19). The van der Waals surface area contributed by atoms with Crippen LogP contribution >= 0.6 is 0 Å². The summed E-state index contributed by atoms with van der Waals surface area (Å²) in [5.74, 6) is -0.501. The minimum absolute atomic E-state index is 0.212. The third-order valence-corrected chi connectivity index (χ3v) is 5.16. The normalized spacial score (nSPS) is 15.9. The van der Waals surface area contributed by atoms with Crippen LogP contribution < -0.4 is 10.6 Å². The van der Waals surface area contributed by atoms with Gasteiger partial charge in [0.2, 0.25) is 21.8 Å². The number of amides is 2. The molecule has 0 unspecified atom stereocenters. The van der Waals surface area contributed by atoms with Gasteiger partial charge in [0.05, 0.1) is 25.5 Å². The van der Waals surface area contributed by atoms with Crippen molar-refractivity contribution in [3.63, 3.8) is 0 Å². The topological polar surface area (TPSA) is 131 Å². The molecule has 0 bridgehead atoms. The van der Waals surface area contributed by atoms with Crippen LogP contribution in [0.3, 0.4) is 0 Å². The van der Waals surface area contributed by atoms with Crippen LogP contribution in [-0.4, -0.2) is 68.3 Å². The fraction of sp³-hybridized carbons (Fsp3) is 0.615. The third kappa shape index (κ3) is 5.58. The Bertz CT molecular complexity index is 680. The summed E-state index contributed by atoms with van der Waals surface area (Å²) in [7, 11) is -3.49. The van der Waals surface area contributed by atoms with E-state index in [4.69, 9.17) is 9.26 Å². The van der Waals surface area contributed by atoms with E-state index in [2.05, 4.69) is 15.8 Å². The van der Waals surface area contributed by atoms with Crippen molar-refractivity contribution in [1.29, 1.82) is 0 Å². The second kappa shape index (κ2) is 8.22. The highest BCUT2D eigenvalue weighted by Gasteiger charge is 2.24. The summed E-state index contributed by atoms with van der Waals surface area (Å²) in [6.07, 6.45) is -0.212. The van der Waals surface area contributed by atoms with Crippen molar-refractivity contribution in [3.8, 4) is 0 Å². The van der Waals surface area contributed by atoms with Crippen molar-refractivity contribution >= 4 is 27.7 Å². The fourth-order valence-corrected chi connectivity index (χ4v) is 3.46. The number of hydrogen-bond donors (Lipinski definition) is 2. The highest BCUT2D eigenvalue weighted by molar-refractivity contribution is 7.89. The maximum atomic E-state index is 12.1. The first-order valence-corrected chi connectivity index (χ1v) is 9.03. The zero-order valence-electron chi connectivity index (χ0n) is 13.3. The lowest BCUT2D eigenvalue weighted by Gasteiger charge is -2.25. The van der Waals surface area contributed by atoms with Gasteiger partial charge in [0.15, 0.2) is 5.82 Å². The molecule has 2 rings (SSSR count). The molecule has 1 aromatic rings. The SMILES string of the molecule is Cc1cc(NC(=O)CNC(=O)CCS(=O)(=O)N2CCOCC2)no1. The van der Waals surface area contributed by atoms with Crippen LogP contribution in [0.5, 0.6) is 0 Å². The van der Waals surface area contributed by atoms with Gasteiger partial charge in [0.25, 0.3) is 0 Å². The first-order chi connectivity index (χ1) is 11.4. The zero-order valence-corrected chi connectivity index (χ0v) is 14.1. The van der Waals surface area contributed by atoms with Crippen molar-refractivity contribution in [1.82, 2.24) is 14.8 Å². The number of rotatable bonds is 7. The lowest BCUT2D eigenvalue weighted by Crippen LogP contribution is -2.42. The maximum absolute atomic E-state index is 12.1. The average Bonchev–Trinajstić information content (AvgIpc) is 2.97. The van der Waals surface area contributed by atoms with E-state index in [-0.39, 0.29) is 24.5 Å². The summed E-state index contributed by atoms with van der Waals surface area (Å²) in [5, 5.41) is 8.40. The summed E-state index contributed by atoms with van der Waals surface area (Å²) in [6, 6.07) is 1.54. The Labute approximate surface area is 139 Å². The molecule has 2 heterocycles. The molecule has 134 valence electrons. The number of morpholine rings is 1. The van der Waals surface area contributed by atoms with Crippen molar-refractivity contribution in [2.24, 2.45) is 0 Å². The summed E-state index contributed by atoms with van der Waals surface area (Å²) < 4.78 is 35.3. The van der Waals surface area contributed by atoms with E-state index in [1.165, 1.54) is 10.4 Å². The molecular formula is C13H20N4O6S. The first kappa shape index (κ1) is 18.4. The molecule has 24 heavy (non-hydrogen) atoms. The molecule has 0 atom stereocenters. The number of carbonyl (C=O) groups excluding carboxylic acids is 2. The molecule has 10 nitrogen and oxygen atoms in total. The second-order valence-corrected chi connectivity index (χ2v) is 7.31. The largest absolute Gasteiger partial charge is 0.379 e. The fourth-order valence-electron chi connectivity index (χ4n) is 2.06. The second-order valence-electron chi connectivity index (χ2n) is 5.23. The number of ether oxygens (including phenoxy) is 1. The van der Waals surface area contributed by atoms with Gasteiger partial charge in [-0.1, -0.05) is 5.16 Å². The number of sulfonamides is 1.